The molecule has 2 heteroatoms. The number of hydrogen-bond donors (Lipinski definition) is 0. The Balaban J connectivity index is 1.21. The Morgan fingerprint density at radius 3 is 2.36 bits per heavy atom. The minimum absolute atomic E-state index is 0.378. The molecule has 0 amide bonds. The van der Waals surface area contributed by atoms with Crippen molar-refractivity contribution in [1.82, 2.24) is 0 Å². The molecule has 28 heavy (non-hydrogen) atoms. The van der Waals surface area contributed by atoms with Crippen LogP contribution in [0.3, 0.4) is 0 Å². The zero-order chi connectivity index (χ0) is 19.1. The Kier molecular flexibility index (Phi) is 5.54. The fourth-order valence-electron chi connectivity index (χ4n) is 7.47. The van der Waals surface area contributed by atoms with E-state index >= 15 is 0 Å². The van der Waals surface area contributed by atoms with E-state index in [0.29, 0.717) is 6.10 Å². The van der Waals surface area contributed by atoms with Crippen LogP contribution in [0, 0.1) is 53.3 Å². The molecule has 4 saturated carbocycles. The minimum Gasteiger partial charge on any atom is -0.375 e. The van der Waals surface area contributed by atoms with Crippen LogP contribution in [0.1, 0.15) is 45.4 Å². The van der Waals surface area contributed by atoms with Gasteiger partial charge in [0.05, 0.1) is 19.8 Å². The van der Waals surface area contributed by atoms with Crippen LogP contribution in [-0.2, 0) is 9.47 Å². The van der Waals surface area contributed by atoms with Crippen molar-refractivity contribution >= 4 is 0 Å². The van der Waals surface area contributed by atoms with Gasteiger partial charge in [-0.15, -0.1) is 6.58 Å². The lowest BCUT2D eigenvalue weighted by Crippen LogP contribution is -2.23. The number of ether oxygens (including phenoxy) is 2. The molecule has 2 nitrogen and oxygen atoms in total. The smallest absolute Gasteiger partial charge is 0.104 e. The predicted octanol–water partition coefficient (Wildman–Crippen LogP) is 5.66. The van der Waals surface area contributed by atoms with Crippen molar-refractivity contribution in [2.45, 2.75) is 51.6 Å². The largest absolute Gasteiger partial charge is 0.375 e. The average molecular weight is 383 g/mol. The molecule has 0 aromatic heterocycles. The van der Waals surface area contributed by atoms with Crippen LogP contribution in [0.2, 0.25) is 0 Å². The van der Waals surface area contributed by atoms with Gasteiger partial charge in [0, 0.05) is 0 Å². The van der Waals surface area contributed by atoms with Crippen LogP contribution in [-0.4, -0.2) is 25.9 Å². The third-order valence-electron chi connectivity index (χ3n) is 8.80. The molecule has 0 aromatic carbocycles. The first-order chi connectivity index (χ1) is 13.7. The van der Waals surface area contributed by atoms with Crippen molar-refractivity contribution in [2.24, 2.45) is 53.3 Å². The first-order valence-corrected chi connectivity index (χ1v) is 11.9. The minimum atomic E-state index is 0.378. The molecule has 1 aliphatic heterocycles. The van der Waals surface area contributed by atoms with Crippen LogP contribution >= 0.6 is 0 Å². The van der Waals surface area contributed by atoms with Gasteiger partial charge in [-0.05, 0) is 91.8 Å². The maximum absolute atomic E-state index is 5.73. The Hall–Kier alpha value is -0.860. The second-order valence-corrected chi connectivity index (χ2v) is 10.5. The number of fused-ring (bicyclic) bond motifs is 5. The first-order valence-electron chi connectivity index (χ1n) is 11.9. The van der Waals surface area contributed by atoms with E-state index < -0.39 is 0 Å². The summed E-state index contributed by atoms with van der Waals surface area (Å²) in [6.45, 7) is 8.86. The summed E-state index contributed by atoms with van der Waals surface area (Å²) in [5.74, 6) is 7.82. The normalized spacial score (nSPS) is 49.5. The number of rotatable bonds is 8. The second-order valence-electron chi connectivity index (χ2n) is 10.5. The molecule has 5 aliphatic rings. The van der Waals surface area contributed by atoms with E-state index in [9.17, 15) is 0 Å². The number of hydrogen-bond acceptors (Lipinski definition) is 2. The Morgan fingerprint density at radius 1 is 0.929 bits per heavy atom. The fourth-order valence-corrected chi connectivity index (χ4v) is 7.47. The van der Waals surface area contributed by atoms with Gasteiger partial charge in [0.25, 0.3) is 0 Å². The second kappa shape index (κ2) is 8.11. The van der Waals surface area contributed by atoms with Gasteiger partial charge in [0.1, 0.15) is 6.10 Å². The lowest BCUT2D eigenvalue weighted by Gasteiger charge is -2.29. The summed E-state index contributed by atoms with van der Waals surface area (Å²) in [6, 6.07) is 0. The van der Waals surface area contributed by atoms with Gasteiger partial charge in [-0.2, -0.15) is 0 Å². The topological polar surface area (TPSA) is 21.8 Å². The first kappa shape index (κ1) is 19.1. The monoisotopic (exact) mass is 382 g/mol. The SMILES string of the molecule is C=CC1CC(/C=C\C2CC(/C=C/COCC3CO3)C3C4CCC(C4)C23)CC1C. The lowest BCUT2D eigenvalue weighted by molar-refractivity contribution is 0.140. The van der Waals surface area contributed by atoms with E-state index in [4.69, 9.17) is 9.47 Å². The van der Waals surface area contributed by atoms with Crippen LogP contribution in [0.15, 0.2) is 37.0 Å². The average Bonchev–Trinajstić information content (AvgIpc) is 3.04. The quantitative estimate of drug-likeness (QED) is 0.307. The molecule has 5 rings (SSSR count). The molecule has 1 heterocycles. The Bertz CT molecular complexity index is 618. The summed E-state index contributed by atoms with van der Waals surface area (Å²) in [7, 11) is 0. The fraction of sp³-hybridized carbons (Fsp3) is 0.769. The highest BCUT2D eigenvalue weighted by Gasteiger charge is 2.55. The van der Waals surface area contributed by atoms with Gasteiger partial charge >= 0.3 is 0 Å². The molecule has 5 fully saturated rings. The maximum Gasteiger partial charge on any atom is 0.104 e. The third-order valence-corrected chi connectivity index (χ3v) is 8.80. The molecule has 0 spiro atoms. The standard InChI is InChI=1S/C26H38O2/c1-3-19-12-18(11-17(19)2)6-7-21-13-20(5-4-10-27-15-24-16-28-24)25-22-8-9-23(14-22)26(21)25/h3-7,17-26H,1,8-16H2,2H3/b5-4+,7-6-. The van der Waals surface area contributed by atoms with Gasteiger partial charge in [-0.1, -0.05) is 37.3 Å². The van der Waals surface area contributed by atoms with Gasteiger partial charge in [-0.25, -0.2) is 0 Å². The third kappa shape index (κ3) is 3.79. The molecule has 154 valence electrons. The zero-order valence-electron chi connectivity index (χ0n) is 17.5. The molecule has 0 aromatic rings. The van der Waals surface area contributed by atoms with Crippen LogP contribution in [0.25, 0.3) is 0 Å². The van der Waals surface area contributed by atoms with Gasteiger partial charge in [-0.3, -0.25) is 0 Å². The molecule has 4 aliphatic carbocycles. The number of epoxide rings is 1. The van der Waals surface area contributed by atoms with Crippen molar-refractivity contribution < 1.29 is 9.47 Å². The maximum atomic E-state index is 5.73. The van der Waals surface area contributed by atoms with Crippen molar-refractivity contribution in [3.8, 4) is 0 Å². The molecule has 10 atom stereocenters. The van der Waals surface area contributed by atoms with E-state index in [1.165, 1.54) is 38.5 Å². The van der Waals surface area contributed by atoms with Crippen molar-refractivity contribution in [3.05, 3.63) is 37.0 Å². The van der Waals surface area contributed by atoms with E-state index in [-0.39, 0.29) is 0 Å². The van der Waals surface area contributed by atoms with E-state index in [2.05, 4.69) is 43.9 Å². The van der Waals surface area contributed by atoms with Crippen molar-refractivity contribution in [2.75, 3.05) is 19.8 Å². The van der Waals surface area contributed by atoms with E-state index in [0.717, 1.165) is 73.1 Å². The summed E-state index contributed by atoms with van der Waals surface area (Å²) in [4.78, 5) is 0. The molecular weight excluding hydrogens is 344 g/mol. The Labute approximate surface area is 171 Å². The summed E-state index contributed by atoms with van der Waals surface area (Å²) < 4.78 is 10.9. The summed E-state index contributed by atoms with van der Waals surface area (Å²) in [5, 5.41) is 0. The van der Waals surface area contributed by atoms with E-state index in [1.807, 2.05) is 0 Å². The molecule has 0 radical (unpaired) electrons. The zero-order valence-corrected chi connectivity index (χ0v) is 17.5. The molecule has 2 bridgehead atoms. The lowest BCUT2D eigenvalue weighted by atomic mass is 9.75. The summed E-state index contributed by atoms with van der Waals surface area (Å²) >= 11 is 0. The Morgan fingerprint density at radius 2 is 1.68 bits per heavy atom. The van der Waals surface area contributed by atoms with E-state index in [1.54, 1.807) is 0 Å². The van der Waals surface area contributed by atoms with Gasteiger partial charge in [0.2, 0.25) is 0 Å². The highest BCUT2D eigenvalue weighted by Crippen LogP contribution is 2.63. The highest BCUT2D eigenvalue weighted by atomic mass is 16.6. The summed E-state index contributed by atoms with van der Waals surface area (Å²) in [6.07, 6.45) is 21.2. The molecule has 1 saturated heterocycles. The number of allylic oxidation sites excluding steroid dienone is 4. The van der Waals surface area contributed by atoms with Gasteiger partial charge in [0.15, 0.2) is 0 Å². The molecule has 0 N–H and O–H groups in total. The summed E-state index contributed by atoms with van der Waals surface area (Å²) in [5.41, 5.74) is 0. The predicted molar refractivity (Wildman–Crippen MR) is 114 cm³/mol. The highest BCUT2D eigenvalue weighted by molar-refractivity contribution is 5.15. The molecular formula is C26H38O2. The van der Waals surface area contributed by atoms with Crippen molar-refractivity contribution in [1.29, 1.82) is 0 Å². The van der Waals surface area contributed by atoms with Crippen LogP contribution in [0.4, 0.5) is 0 Å². The van der Waals surface area contributed by atoms with Crippen LogP contribution in [0.5, 0.6) is 0 Å². The van der Waals surface area contributed by atoms with Gasteiger partial charge < -0.3 is 9.47 Å². The molecule has 10 unspecified atom stereocenters. The van der Waals surface area contributed by atoms with Crippen LogP contribution < -0.4 is 0 Å². The van der Waals surface area contributed by atoms with Crippen molar-refractivity contribution in [3.63, 3.8) is 0 Å².